The van der Waals surface area contributed by atoms with E-state index < -0.39 is 10.0 Å². The Balaban J connectivity index is 2.20. The molecular weight excluding hydrogens is 304 g/mol. The van der Waals surface area contributed by atoms with Crippen molar-refractivity contribution in [3.8, 4) is 5.75 Å². The van der Waals surface area contributed by atoms with Gasteiger partial charge >= 0.3 is 0 Å². The van der Waals surface area contributed by atoms with Crippen LogP contribution in [0.15, 0.2) is 21.6 Å². The van der Waals surface area contributed by atoms with Gasteiger partial charge in [-0.3, -0.25) is 4.31 Å². The molecule has 0 radical (unpaired) electrons. The Morgan fingerprint density at radius 2 is 1.91 bits per heavy atom. The average molecular weight is 322 g/mol. The van der Waals surface area contributed by atoms with Gasteiger partial charge in [-0.1, -0.05) is 11.2 Å². The molecule has 2 heterocycles. The average Bonchev–Trinajstić information content (AvgIpc) is 2.77. The summed E-state index contributed by atoms with van der Waals surface area (Å²) < 4.78 is 38.2. The van der Waals surface area contributed by atoms with Gasteiger partial charge in [0.05, 0.1) is 12.2 Å². The van der Waals surface area contributed by atoms with Crippen molar-refractivity contribution in [3.63, 3.8) is 0 Å². The molecular formula is C15H18N2O4S. The Hall–Kier alpha value is -2.02. The van der Waals surface area contributed by atoms with E-state index in [4.69, 9.17) is 9.26 Å². The van der Waals surface area contributed by atoms with Crippen molar-refractivity contribution in [2.24, 2.45) is 0 Å². The number of benzene rings is 1. The minimum absolute atomic E-state index is 0.139. The van der Waals surface area contributed by atoms with Gasteiger partial charge in [-0.05, 0) is 44.9 Å². The molecule has 1 aromatic carbocycles. The maximum Gasteiger partial charge on any atom is 0.269 e. The number of rotatable bonds is 2. The van der Waals surface area contributed by atoms with Crippen LogP contribution in [0.1, 0.15) is 22.6 Å². The van der Waals surface area contributed by atoms with E-state index >= 15 is 0 Å². The summed E-state index contributed by atoms with van der Waals surface area (Å²) in [4.78, 5) is 0.139. The first kappa shape index (κ1) is 14.9. The molecule has 0 saturated carbocycles. The normalized spacial score (nSPS) is 14.6. The van der Waals surface area contributed by atoms with Crippen LogP contribution in [0.25, 0.3) is 0 Å². The van der Waals surface area contributed by atoms with Gasteiger partial charge in [0.1, 0.15) is 18.1 Å². The predicted octanol–water partition coefficient (Wildman–Crippen LogP) is 2.50. The van der Waals surface area contributed by atoms with Crippen LogP contribution in [0.3, 0.4) is 0 Å². The molecule has 0 saturated heterocycles. The van der Waals surface area contributed by atoms with Gasteiger partial charge < -0.3 is 9.26 Å². The minimum Gasteiger partial charge on any atom is -0.489 e. The number of aromatic nitrogens is 1. The zero-order valence-corrected chi connectivity index (χ0v) is 13.8. The number of ether oxygens (including phenoxy) is 1. The fourth-order valence-electron chi connectivity index (χ4n) is 2.89. The largest absolute Gasteiger partial charge is 0.489 e. The number of anilines is 1. The molecule has 3 rings (SSSR count). The molecule has 0 N–H and O–H groups in total. The minimum atomic E-state index is -3.73. The third-order valence-corrected chi connectivity index (χ3v) is 5.77. The first-order chi connectivity index (χ1) is 10.3. The fourth-order valence-corrected chi connectivity index (χ4v) is 4.72. The Labute approximate surface area is 129 Å². The highest BCUT2D eigenvalue weighted by Crippen LogP contribution is 2.39. The van der Waals surface area contributed by atoms with Gasteiger partial charge in [0.25, 0.3) is 10.0 Å². The lowest BCUT2D eigenvalue weighted by Crippen LogP contribution is -2.38. The number of nitrogens with zero attached hydrogens (tertiary/aromatic N) is 2. The summed E-state index contributed by atoms with van der Waals surface area (Å²) in [7, 11) is -3.73. The van der Waals surface area contributed by atoms with Crippen LogP contribution in [0.4, 0.5) is 5.69 Å². The van der Waals surface area contributed by atoms with Crippen molar-refractivity contribution in [2.75, 3.05) is 17.5 Å². The van der Waals surface area contributed by atoms with Gasteiger partial charge in [0.2, 0.25) is 0 Å². The summed E-state index contributed by atoms with van der Waals surface area (Å²) in [6, 6.07) is 3.81. The van der Waals surface area contributed by atoms with Gasteiger partial charge in [-0.15, -0.1) is 0 Å². The molecule has 118 valence electrons. The van der Waals surface area contributed by atoms with Crippen LogP contribution in [-0.4, -0.2) is 26.7 Å². The first-order valence-corrected chi connectivity index (χ1v) is 8.46. The molecule has 7 heteroatoms. The van der Waals surface area contributed by atoms with Crippen molar-refractivity contribution in [1.29, 1.82) is 0 Å². The molecule has 0 aliphatic carbocycles. The topological polar surface area (TPSA) is 72.6 Å². The number of hydrogen-bond acceptors (Lipinski definition) is 5. The van der Waals surface area contributed by atoms with Gasteiger partial charge in [-0.2, -0.15) is 0 Å². The van der Waals surface area contributed by atoms with Crippen molar-refractivity contribution in [2.45, 2.75) is 32.6 Å². The van der Waals surface area contributed by atoms with E-state index in [1.807, 2.05) is 26.0 Å². The number of hydrogen-bond donors (Lipinski definition) is 0. The quantitative estimate of drug-likeness (QED) is 0.849. The third-order valence-electron chi connectivity index (χ3n) is 3.73. The maximum absolute atomic E-state index is 13.1. The Kier molecular flexibility index (Phi) is 3.40. The standard InChI is InChI=1S/C15H18N2O4S/c1-9-7-10(2)14-13(8-9)20-6-5-17(14)22(18,19)15-11(3)16-21-12(15)4/h7-8H,5-6H2,1-4H3. The lowest BCUT2D eigenvalue weighted by Gasteiger charge is -2.32. The van der Waals surface area contributed by atoms with Crippen LogP contribution in [0, 0.1) is 27.7 Å². The molecule has 1 aliphatic heterocycles. The van der Waals surface area contributed by atoms with Crippen LogP contribution >= 0.6 is 0 Å². The van der Waals surface area contributed by atoms with Crippen LogP contribution in [0.5, 0.6) is 5.75 Å². The van der Waals surface area contributed by atoms with E-state index in [0.717, 1.165) is 11.1 Å². The van der Waals surface area contributed by atoms with Crippen LogP contribution < -0.4 is 9.04 Å². The van der Waals surface area contributed by atoms with Crippen molar-refractivity contribution in [3.05, 3.63) is 34.7 Å². The second-order valence-corrected chi connectivity index (χ2v) is 7.31. The summed E-state index contributed by atoms with van der Waals surface area (Å²) in [5.41, 5.74) is 2.87. The van der Waals surface area contributed by atoms with E-state index in [1.165, 1.54) is 4.31 Å². The Morgan fingerprint density at radius 3 is 2.55 bits per heavy atom. The summed E-state index contributed by atoms with van der Waals surface area (Å²) >= 11 is 0. The first-order valence-electron chi connectivity index (χ1n) is 7.02. The zero-order valence-electron chi connectivity index (χ0n) is 13.0. The van der Waals surface area contributed by atoms with E-state index in [-0.39, 0.29) is 11.4 Å². The Bertz CT molecular complexity index is 820. The third kappa shape index (κ3) is 2.16. The second kappa shape index (κ2) is 5.01. The molecule has 0 bridgehead atoms. The van der Waals surface area contributed by atoms with Crippen molar-refractivity contribution < 1.29 is 17.7 Å². The lowest BCUT2D eigenvalue weighted by atomic mass is 10.1. The second-order valence-electron chi connectivity index (χ2n) is 5.51. The monoisotopic (exact) mass is 322 g/mol. The molecule has 0 spiro atoms. The predicted molar refractivity (Wildman–Crippen MR) is 81.9 cm³/mol. The highest BCUT2D eigenvalue weighted by atomic mass is 32.2. The van der Waals surface area contributed by atoms with Crippen molar-refractivity contribution >= 4 is 15.7 Å². The van der Waals surface area contributed by atoms with E-state index in [2.05, 4.69) is 5.16 Å². The number of fused-ring (bicyclic) bond motifs is 1. The van der Waals surface area contributed by atoms with E-state index in [0.29, 0.717) is 29.5 Å². The zero-order chi connectivity index (χ0) is 16.1. The molecule has 1 aliphatic rings. The smallest absolute Gasteiger partial charge is 0.269 e. The lowest BCUT2D eigenvalue weighted by molar-refractivity contribution is 0.315. The van der Waals surface area contributed by atoms with Gasteiger partial charge in [0, 0.05) is 0 Å². The summed E-state index contributed by atoms with van der Waals surface area (Å²) in [5.74, 6) is 0.898. The summed E-state index contributed by atoms with van der Waals surface area (Å²) in [5, 5.41) is 3.76. The van der Waals surface area contributed by atoms with Gasteiger partial charge in [0.15, 0.2) is 10.7 Å². The van der Waals surface area contributed by atoms with Gasteiger partial charge in [-0.25, -0.2) is 8.42 Å². The molecule has 2 aromatic rings. The molecule has 1 aromatic heterocycles. The molecule has 0 atom stereocenters. The van der Waals surface area contributed by atoms with Crippen LogP contribution in [0.2, 0.25) is 0 Å². The van der Waals surface area contributed by atoms with Crippen molar-refractivity contribution in [1.82, 2.24) is 5.16 Å². The SMILES string of the molecule is Cc1cc(C)c2c(c1)OCCN2S(=O)(=O)c1c(C)noc1C. The highest BCUT2D eigenvalue weighted by molar-refractivity contribution is 7.93. The molecule has 22 heavy (non-hydrogen) atoms. The number of sulfonamides is 1. The molecule has 0 unspecified atom stereocenters. The fraction of sp³-hybridized carbons (Fsp3) is 0.400. The number of aryl methyl sites for hydroxylation is 4. The highest BCUT2D eigenvalue weighted by Gasteiger charge is 2.35. The molecule has 0 amide bonds. The summed E-state index contributed by atoms with van der Waals surface area (Å²) in [6.07, 6.45) is 0. The Morgan fingerprint density at radius 1 is 1.18 bits per heavy atom. The molecule has 0 fully saturated rings. The van der Waals surface area contributed by atoms with Crippen LogP contribution in [-0.2, 0) is 10.0 Å². The van der Waals surface area contributed by atoms with E-state index in [9.17, 15) is 8.42 Å². The maximum atomic E-state index is 13.1. The summed E-state index contributed by atoms with van der Waals surface area (Å²) in [6.45, 7) is 7.67. The van der Waals surface area contributed by atoms with E-state index in [1.54, 1.807) is 13.8 Å². The molecule has 6 nitrogen and oxygen atoms in total.